The molecule has 0 spiro atoms. The van der Waals surface area contributed by atoms with Crippen LogP contribution < -0.4 is 5.73 Å². The summed E-state index contributed by atoms with van der Waals surface area (Å²) in [6.07, 6.45) is 1.26. The van der Waals surface area contributed by atoms with Gasteiger partial charge in [-0.2, -0.15) is 0 Å². The molecule has 1 heterocycles. The van der Waals surface area contributed by atoms with Crippen molar-refractivity contribution in [3.8, 4) is 0 Å². The summed E-state index contributed by atoms with van der Waals surface area (Å²) in [7, 11) is 0. The van der Waals surface area contributed by atoms with Crippen LogP contribution in [0.4, 0.5) is 8.78 Å². The van der Waals surface area contributed by atoms with Gasteiger partial charge in [-0.05, 0) is 36.5 Å². The van der Waals surface area contributed by atoms with Gasteiger partial charge in [0.1, 0.15) is 17.7 Å². The van der Waals surface area contributed by atoms with Crippen LogP contribution in [0, 0.1) is 17.6 Å². The maximum absolute atomic E-state index is 13.4. The first-order chi connectivity index (χ1) is 9.49. The van der Waals surface area contributed by atoms with Gasteiger partial charge in [-0.1, -0.05) is 0 Å². The fourth-order valence-electron chi connectivity index (χ4n) is 2.77. The average molecular weight is 285 g/mol. The Hall–Kier alpha value is -1.53. The van der Waals surface area contributed by atoms with E-state index in [2.05, 4.69) is 0 Å². The molecule has 0 aromatic heterocycles. The molecule has 1 aromatic rings. The first-order valence-corrected chi connectivity index (χ1v) is 6.51. The number of hydrogen-bond acceptors (Lipinski definition) is 3. The van der Waals surface area contributed by atoms with E-state index in [-0.39, 0.29) is 5.92 Å². The second-order valence-corrected chi connectivity index (χ2v) is 5.04. The smallest absolute Gasteiger partial charge is 0.321 e. The number of carbonyl (C=O) groups is 1. The zero-order valence-electron chi connectivity index (χ0n) is 10.9. The lowest BCUT2D eigenvalue weighted by molar-refractivity contribution is -0.139. The van der Waals surface area contributed by atoms with Crippen LogP contribution in [0.5, 0.6) is 0 Å². The lowest BCUT2D eigenvalue weighted by Crippen LogP contribution is -2.41. The van der Waals surface area contributed by atoms with E-state index >= 15 is 0 Å². The van der Waals surface area contributed by atoms with Gasteiger partial charge < -0.3 is 15.6 Å². The molecule has 1 saturated heterocycles. The lowest BCUT2D eigenvalue weighted by atomic mass is 9.77. The van der Waals surface area contributed by atoms with Crippen LogP contribution in [0.1, 0.15) is 24.3 Å². The van der Waals surface area contributed by atoms with Gasteiger partial charge in [0.05, 0.1) is 0 Å². The van der Waals surface area contributed by atoms with Crippen molar-refractivity contribution in [3.63, 3.8) is 0 Å². The van der Waals surface area contributed by atoms with Crippen molar-refractivity contribution in [1.29, 1.82) is 0 Å². The van der Waals surface area contributed by atoms with Gasteiger partial charge in [0, 0.05) is 25.2 Å². The van der Waals surface area contributed by atoms with Gasteiger partial charge in [-0.15, -0.1) is 0 Å². The first-order valence-electron chi connectivity index (χ1n) is 6.51. The van der Waals surface area contributed by atoms with Crippen LogP contribution in [0.2, 0.25) is 0 Å². The third-order valence-electron chi connectivity index (χ3n) is 3.72. The zero-order chi connectivity index (χ0) is 14.7. The number of carboxylic acids is 1. The molecule has 6 heteroatoms. The largest absolute Gasteiger partial charge is 0.480 e. The molecule has 0 aliphatic carbocycles. The summed E-state index contributed by atoms with van der Waals surface area (Å²) in [5, 5.41) is 9.14. The number of carboxylic acid groups (broad SMARTS) is 1. The normalized spacial score (nSPS) is 19.6. The molecule has 0 radical (unpaired) electrons. The number of halogens is 2. The molecule has 0 bridgehead atoms. The highest BCUT2D eigenvalue weighted by Gasteiger charge is 2.34. The highest BCUT2D eigenvalue weighted by atomic mass is 19.1. The molecule has 1 aromatic carbocycles. The summed E-state index contributed by atoms with van der Waals surface area (Å²) in [6.45, 7) is 1.01. The van der Waals surface area contributed by atoms with Crippen molar-refractivity contribution >= 4 is 5.97 Å². The fourth-order valence-corrected chi connectivity index (χ4v) is 2.77. The summed E-state index contributed by atoms with van der Waals surface area (Å²) < 4.78 is 32.0. The van der Waals surface area contributed by atoms with Crippen molar-refractivity contribution in [1.82, 2.24) is 0 Å². The van der Waals surface area contributed by atoms with E-state index in [1.54, 1.807) is 0 Å². The topological polar surface area (TPSA) is 72.6 Å². The predicted octanol–water partition coefficient (Wildman–Crippen LogP) is 1.89. The minimum absolute atomic E-state index is 0.0592. The van der Waals surface area contributed by atoms with Gasteiger partial charge in [0.2, 0.25) is 0 Å². The van der Waals surface area contributed by atoms with Gasteiger partial charge in [-0.25, -0.2) is 8.78 Å². The zero-order valence-corrected chi connectivity index (χ0v) is 10.9. The van der Waals surface area contributed by atoms with Gasteiger partial charge in [0.15, 0.2) is 0 Å². The Morgan fingerprint density at radius 3 is 2.30 bits per heavy atom. The first kappa shape index (κ1) is 14.9. The molecule has 0 amide bonds. The molecule has 2 rings (SSSR count). The summed E-state index contributed by atoms with van der Waals surface area (Å²) in [4.78, 5) is 11.2. The average Bonchev–Trinajstić information content (AvgIpc) is 2.39. The van der Waals surface area contributed by atoms with Crippen molar-refractivity contribution in [2.75, 3.05) is 13.2 Å². The molecule has 4 nitrogen and oxygen atoms in total. The molecular formula is C14H17F2NO3. The molecule has 1 unspecified atom stereocenters. The van der Waals surface area contributed by atoms with Crippen molar-refractivity contribution in [2.24, 2.45) is 11.7 Å². The van der Waals surface area contributed by atoms with Crippen molar-refractivity contribution < 1.29 is 23.4 Å². The highest BCUT2D eigenvalue weighted by molar-refractivity contribution is 5.74. The van der Waals surface area contributed by atoms with Crippen molar-refractivity contribution in [3.05, 3.63) is 35.4 Å². The van der Waals surface area contributed by atoms with E-state index in [0.29, 0.717) is 31.6 Å². The summed E-state index contributed by atoms with van der Waals surface area (Å²) in [5.74, 6) is -3.31. The quantitative estimate of drug-likeness (QED) is 0.886. The van der Waals surface area contributed by atoms with Gasteiger partial charge >= 0.3 is 5.97 Å². The van der Waals surface area contributed by atoms with Gasteiger partial charge in [0.25, 0.3) is 0 Å². The van der Waals surface area contributed by atoms with E-state index < -0.39 is 29.6 Å². The van der Waals surface area contributed by atoms with E-state index in [1.807, 2.05) is 0 Å². The monoisotopic (exact) mass is 285 g/mol. The summed E-state index contributed by atoms with van der Waals surface area (Å²) >= 11 is 0. The van der Waals surface area contributed by atoms with E-state index in [0.717, 1.165) is 18.2 Å². The molecule has 110 valence electrons. The Bertz CT molecular complexity index is 469. The molecule has 3 N–H and O–H groups in total. The van der Waals surface area contributed by atoms with Gasteiger partial charge in [-0.3, -0.25) is 4.79 Å². The molecule has 20 heavy (non-hydrogen) atoms. The Labute approximate surface area is 115 Å². The number of nitrogens with two attached hydrogens (primary N) is 1. The minimum Gasteiger partial charge on any atom is -0.480 e. The van der Waals surface area contributed by atoms with E-state index in [1.165, 1.54) is 0 Å². The third kappa shape index (κ3) is 3.32. The Balaban J connectivity index is 2.36. The molecule has 2 atom stereocenters. The minimum atomic E-state index is -1.20. The summed E-state index contributed by atoms with van der Waals surface area (Å²) in [5.41, 5.74) is 6.03. The molecule has 1 fully saturated rings. The maximum atomic E-state index is 13.4. The maximum Gasteiger partial charge on any atom is 0.321 e. The third-order valence-corrected chi connectivity index (χ3v) is 3.72. The van der Waals surface area contributed by atoms with Crippen LogP contribution in [0.25, 0.3) is 0 Å². The SMILES string of the molecule is N[C@H](C(=O)O)C(c1cc(F)cc(F)c1)C1CCOCC1. The second kappa shape index (κ2) is 6.28. The molecular weight excluding hydrogens is 268 g/mol. The van der Waals surface area contributed by atoms with Crippen LogP contribution in [-0.2, 0) is 9.53 Å². The highest BCUT2D eigenvalue weighted by Crippen LogP contribution is 2.35. The lowest BCUT2D eigenvalue weighted by Gasteiger charge is -2.33. The number of ether oxygens (including phenoxy) is 1. The number of aliphatic carboxylic acids is 1. The standard InChI is InChI=1S/C14H17F2NO3/c15-10-5-9(6-11(16)7-10)12(13(17)14(18)19)8-1-3-20-4-2-8/h5-8,12-13H,1-4,17H2,(H,18,19)/t12?,13-/m0/s1. The van der Waals surface area contributed by atoms with E-state index in [9.17, 15) is 13.6 Å². The van der Waals surface area contributed by atoms with E-state index in [4.69, 9.17) is 15.6 Å². The van der Waals surface area contributed by atoms with Crippen LogP contribution in [0.3, 0.4) is 0 Å². The number of rotatable bonds is 4. The fraction of sp³-hybridized carbons (Fsp3) is 0.500. The Morgan fingerprint density at radius 2 is 1.80 bits per heavy atom. The van der Waals surface area contributed by atoms with Crippen LogP contribution >= 0.6 is 0 Å². The molecule has 0 saturated carbocycles. The molecule has 1 aliphatic heterocycles. The van der Waals surface area contributed by atoms with Crippen molar-refractivity contribution in [2.45, 2.75) is 24.8 Å². The summed E-state index contributed by atoms with van der Waals surface area (Å²) in [6, 6.07) is 1.88. The van der Waals surface area contributed by atoms with Crippen LogP contribution in [0.15, 0.2) is 18.2 Å². The predicted molar refractivity (Wildman–Crippen MR) is 68.3 cm³/mol. The molecule has 1 aliphatic rings. The Kier molecular flexibility index (Phi) is 4.67. The second-order valence-electron chi connectivity index (χ2n) is 5.04. The Morgan fingerprint density at radius 1 is 1.25 bits per heavy atom. The van der Waals surface area contributed by atoms with Crippen LogP contribution in [-0.4, -0.2) is 30.3 Å². The number of benzene rings is 1. The number of hydrogen-bond donors (Lipinski definition) is 2.